The molecule has 1 N–H and O–H groups in total. The molecule has 180 valence electrons. The zero-order valence-electron chi connectivity index (χ0n) is 19.4. The molecule has 1 amide bonds. The molecule has 3 unspecified atom stereocenters. The fourth-order valence-corrected chi connectivity index (χ4v) is 6.24. The minimum Gasteiger partial charge on any atom is -0.384 e. The Kier molecular flexibility index (Phi) is 6.38. The molecular weight excluding hydrogens is 456 g/mol. The summed E-state index contributed by atoms with van der Waals surface area (Å²) in [5.74, 6) is -0.987. The average Bonchev–Trinajstić information content (AvgIpc) is 3.17. The lowest BCUT2D eigenvalue weighted by molar-refractivity contribution is -0.136. The van der Waals surface area contributed by atoms with Crippen LogP contribution in [-0.2, 0) is 10.2 Å². The van der Waals surface area contributed by atoms with Crippen LogP contribution in [0.4, 0.5) is 14.5 Å². The highest BCUT2D eigenvalue weighted by Gasteiger charge is 2.48. The summed E-state index contributed by atoms with van der Waals surface area (Å²) in [5, 5.41) is 4.31. The smallest absolute Gasteiger partial charge is 0.247 e. The van der Waals surface area contributed by atoms with Crippen LogP contribution in [0.2, 0.25) is 5.02 Å². The van der Waals surface area contributed by atoms with E-state index in [9.17, 15) is 13.6 Å². The van der Waals surface area contributed by atoms with Gasteiger partial charge < -0.3 is 10.2 Å². The first-order chi connectivity index (χ1) is 16.4. The number of hydrogen-bond acceptors (Lipinski definition) is 3. The number of rotatable bonds is 3. The Morgan fingerprint density at radius 1 is 1.15 bits per heavy atom. The van der Waals surface area contributed by atoms with Gasteiger partial charge in [-0.05, 0) is 73.1 Å². The van der Waals surface area contributed by atoms with Gasteiger partial charge in [-0.1, -0.05) is 24.6 Å². The Labute approximate surface area is 204 Å². The first-order valence-electron chi connectivity index (χ1n) is 12.1. The van der Waals surface area contributed by atoms with Crippen LogP contribution in [0.25, 0.3) is 6.08 Å². The van der Waals surface area contributed by atoms with E-state index in [1.165, 1.54) is 29.8 Å². The van der Waals surface area contributed by atoms with Gasteiger partial charge in [-0.25, -0.2) is 8.78 Å². The maximum atomic E-state index is 13.5. The molecule has 0 saturated carbocycles. The van der Waals surface area contributed by atoms with E-state index in [-0.39, 0.29) is 17.5 Å². The van der Waals surface area contributed by atoms with Crippen molar-refractivity contribution >= 4 is 29.3 Å². The van der Waals surface area contributed by atoms with Gasteiger partial charge in [0.15, 0.2) is 0 Å². The van der Waals surface area contributed by atoms with Crippen molar-refractivity contribution in [1.29, 1.82) is 0 Å². The third kappa shape index (κ3) is 4.34. The van der Waals surface area contributed by atoms with Crippen LogP contribution >= 0.6 is 11.6 Å². The van der Waals surface area contributed by atoms with Crippen LogP contribution in [0.5, 0.6) is 0 Å². The summed E-state index contributed by atoms with van der Waals surface area (Å²) >= 11 is 6.21. The maximum Gasteiger partial charge on any atom is 0.247 e. The monoisotopic (exact) mass is 485 g/mol. The zero-order chi connectivity index (χ0) is 23.9. The molecule has 0 aliphatic carbocycles. The van der Waals surface area contributed by atoms with E-state index in [1.807, 2.05) is 17.0 Å². The number of halogens is 3. The summed E-state index contributed by atoms with van der Waals surface area (Å²) in [6, 6.07) is 9.45. The quantitative estimate of drug-likeness (QED) is 0.568. The van der Waals surface area contributed by atoms with Crippen molar-refractivity contribution < 1.29 is 13.6 Å². The third-order valence-electron chi connectivity index (χ3n) is 7.89. The van der Waals surface area contributed by atoms with Crippen molar-refractivity contribution in [3.8, 4) is 0 Å². The average molecular weight is 486 g/mol. The molecule has 7 heteroatoms. The lowest BCUT2D eigenvalue weighted by atomic mass is 9.67. The molecule has 3 aliphatic heterocycles. The van der Waals surface area contributed by atoms with E-state index < -0.39 is 11.6 Å². The SMILES string of the molecule is CC1CN(C2CCCCN2C(=O)/C=C/c2cc(F)cc(F)c2)CCC12CNc1cc(Cl)ccc12. The second-order valence-electron chi connectivity index (χ2n) is 9.89. The number of carbonyl (C=O) groups is 1. The molecule has 2 fully saturated rings. The summed E-state index contributed by atoms with van der Waals surface area (Å²) in [5.41, 5.74) is 2.92. The highest BCUT2D eigenvalue weighted by molar-refractivity contribution is 6.30. The number of nitrogens with zero attached hydrogens (tertiary/aromatic N) is 2. The first-order valence-corrected chi connectivity index (χ1v) is 12.5. The van der Waals surface area contributed by atoms with Gasteiger partial charge in [0.25, 0.3) is 0 Å². The Morgan fingerprint density at radius 3 is 2.71 bits per heavy atom. The largest absolute Gasteiger partial charge is 0.384 e. The zero-order valence-corrected chi connectivity index (χ0v) is 20.1. The summed E-state index contributed by atoms with van der Waals surface area (Å²) in [6.07, 6.45) is 7.02. The number of benzene rings is 2. The van der Waals surface area contributed by atoms with E-state index in [4.69, 9.17) is 11.6 Å². The molecule has 0 radical (unpaired) electrons. The first kappa shape index (κ1) is 23.3. The van der Waals surface area contributed by atoms with Crippen LogP contribution in [0.15, 0.2) is 42.5 Å². The van der Waals surface area contributed by atoms with Gasteiger partial charge in [0, 0.05) is 54.4 Å². The molecule has 2 aromatic rings. The van der Waals surface area contributed by atoms with E-state index >= 15 is 0 Å². The number of anilines is 1. The number of likely N-dealkylation sites (tertiary alicyclic amines) is 2. The van der Waals surface area contributed by atoms with Crippen LogP contribution in [0.3, 0.4) is 0 Å². The van der Waals surface area contributed by atoms with Crippen LogP contribution < -0.4 is 5.32 Å². The van der Waals surface area contributed by atoms with Crippen molar-refractivity contribution in [1.82, 2.24) is 9.80 Å². The molecule has 2 aromatic carbocycles. The van der Waals surface area contributed by atoms with Crippen molar-refractivity contribution in [2.45, 2.75) is 44.2 Å². The van der Waals surface area contributed by atoms with Crippen molar-refractivity contribution in [2.24, 2.45) is 5.92 Å². The molecule has 0 aromatic heterocycles. The van der Waals surface area contributed by atoms with Gasteiger partial charge >= 0.3 is 0 Å². The van der Waals surface area contributed by atoms with Crippen LogP contribution in [0.1, 0.15) is 43.7 Å². The van der Waals surface area contributed by atoms with E-state index in [2.05, 4.69) is 23.2 Å². The number of fused-ring (bicyclic) bond motifs is 2. The lowest BCUT2D eigenvalue weighted by Crippen LogP contribution is -2.59. The van der Waals surface area contributed by atoms with Crippen LogP contribution in [-0.4, -0.2) is 48.1 Å². The van der Waals surface area contributed by atoms with Gasteiger partial charge in [0.2, 0.25) is 5.91 Å². The molecule has 3 heterocycles. The fraction of sp³-hybridized carbons (Fsp3) is 0.444. The topological polar surface area (TPSA) is 35.6 Å². The third-order valence-corrected chi connectivity index (χ3v) is 8.12. The number of piperidine rings is 2. The standard InChI is InChI=1S/C27H30ClF2N3O/c1-18-16-32(11-9-27(18)17-31-24-14-20(28)6-7-23(24)27)25-4-2-3-10-33(25)26(34)8-5-19-12-21(29)15-22(30)13-19/h5-8,12-15,18,25,31H,2-4,9-11,16-17H2,1H3/b8-5+. The molecule has 0 bridgehead atoms. The Bertz CT molecular complexity index is 1100. The van der Waals surface area contributed by atoms with Crippen molar-refractivity contribution in [3.05, 3.63) is 70.3 Å². The Morgan fingerprint density at radius 2 is 1.94 bits per heavy atom. The van der Waals surface area contributed by atoms with Gasteiger partial charge in [0.1, 0.15) is 11.6 Å². The van der Waals surface area contributed by atoms with E-state index in [1.54, 1.807) is 0 Å². The molecule has 2 saturated heterocycles. The van der Waals surface area contributed by atoms with Gasteiger partial charge in [0.05, 0.1) is 6.17 Å². The van der Waals surface area contributed by atoms with Crippen molar-refractivity contribution in [3.63, 3.8) is 0 Å². The van der Waals surface area contributed by atoms with Crippen LogP contribution in [0, 0.1) is 17.6 Å². The predicted molar refractivity (Wildman–Crippen MR) is 132 cm³/mol. The maximum absolute atomic E-state index is 13.5. The lowest BCUT2D eigenvalue weighted by Gasteiger charge is -2.50. The number of carbonyl (C=O) groups excluding carboxylic acids is 1. The molecule has 1 spiro atoms. The summed E-state index contributed by atoms with van der Waals surface area (Å²) in [7, 11) is 0. The summed E-state index contributed by atoms with van der Waals surface area (Å²) in [6.45, 7) is 5.76. The Balaban J connectivity index is 1.31. The van der Waals surface area contributed by atoms with Gasteiger partial charge in [-0.2, -0.15) is 0 Å². The number of amides is 1. The summed E-state index contributed by atoms with van der Waals surface area (Å²) in [4.78, 5) is 17.5. The van der Waals surface area contributed by atoms with Gasteiger partial charge in [-0.3, -0.25) is 9.69 Å². The predicted octanol–water partition coefficient (Wildman–Crippen LogP) is 5.68. The minimum atomic E-state index is -0.649. The highest BCUT2D eigenvalue weighted by atomic mass is 35.5. The van der Waals surface area contributed by atoms with E-state index in [0.717, 1.165) is 62.1 Å². The molecule has 5 rings (SSSR count). The fourth-order valence-electron chi connectivity index (χ4n) is 6.07. The molecule has 3 aliphatic rings. The number of hydrogen-bond donors (Lipinski definition) is 1. The second kappa shape index (κ2) is 9.31. The van der Waals surface area contributed by atoms with E-state index in [0.29, 0.717) is 18.0 Å². The molecular formula is C27H30ClF2N3O. The second-order valence-corrected chi connectivity index (χ2v) is 10.3. The highest BCUT2D eigenvalue weighted by Crippen LogP contribution is 2.48. The summed E-state index contributed by atoms with van der Waals surface area (Å²) < 4.78 is 27.0. The Hall–Kier alpha value is -2.44. The van der Waals surface area contributed by atoms with Crippen molar-refractivity contribution in [2.75, 3.05) is 31.5 Å². The molecule has 4 nitrogen and oxygen atoms in total. The minimum absolute atomic E-state index is 0.0500. The van der Waals surface area contributed by atoms with Gasteiger partial charge in [-0.15, -0.1) is 0 Å². The number of nitrogens with one attached hydrogen (secondary N) is 1. The normalized spacial score (nSPS) is 27.2. The molecule has 34 heavy (non-hydrogen) atoms. The molecule has 3 atom stereocenters.